The summed E-state index contributed by atoms with van der Waals surface area (Å²) in [7, 11) is 0. The summed E-state index contributed by atoms with van der Waals surface area (Å²) >= 11 is 7.26. The van der Waals surface area contributed by atoms with Crippen molar-refractivity contribution in [3.8, 4) is 0 Å². The van der Waals surface area contributed by atoms with Gasteiger partial charge in [-0.3, -0.25) is 0 Å². The van der Waals surface area contributed by atoms with E-state index in [0.717, 1.165) is 38.9 Å². The molecule has 0 unspecified atom stereocenters. The van der Waals surface area contributed by atoms with Crippen LogP contribution in [0.2, 0.25) is 0 Å². The van der Waals surface area contributed by atoms with E-state index in [2.05, 4.69) is 25.7 Å². The van der Waals surface area contributed by atoms with Gasteiger partial charge in [0.05, 0.1) is 9.39 Å². The summed E-state index contributed by atoms with van der Waals surface area (Å²) in [5, 5.41) is 3.48. The molecular weight excluding hydrogens is 356 g/mol. The van der Waals surface area contributed by atoms with Crippen molar-refractivity contribution < 1.29 is 9.53 Å². The van der Waals surface area contributed by atoms with E-state index in [0.29, 0.717) is 15.4 Å². The second-order valence-corrected chi connectivity index (χ2v) is 8.21. The third-order valence-corrected chi connectivity index (χ3v) is 5.46. The summed E-state index contributed by atoms with van der Waals surface area (Å²) in [5.41, 5.74) is 0. The van der Waals surface area contributed by atoms with Crippen molar-refractivity contribution in [2.75, 3.05) is 13.2 Å². The van der Waals surface area contributed by atoms with Crippen LogP contribution in [-0.4, -0.2) is 36.2 Å². The second kappa shape index (κ2) is 12.7. The van der Waals surface area contributed by atoms with Crippen LogP contribution in [0, 0.1) is 0 Å². The van der Waals surface area contributed by atoms with E-state index in [1.807, 2.05) is 11.8 Å². The van der Waals surface area contributed by atoms with E-state index in [9.17, 15) is 4.79 Å². The molecule has 1 aliphatic carbocycles. The number of urea groups is 1. The fraction of sp³-hybridized carbons (Fsp3) is 0.737. The third kappa shape index (κ3) is 8.06. The molecule has 4 nitrogen and oxygen atoms in total. The Labute approximate surface area is 162 Å². The summed E-state index contributed by atoms with van der Waals surface area (Å²) in [5.74, 6) is 0. The van der Waals surface area contributed by atoms with Crippen LogP contribution in [0.5, 0.6) is 0 Å². The van der Waals surface area contributed by atoms with Gasteiger partial charge in [0.25, 0.3) is 0 Å². The average Bonchev–Trinajstić information content (AvgIpc) is 3.10. The maximum Gasteiger partial charge on any atom is 0.322 e. The number of nitrogens with one attached hydrogen (secondary N) is 1. The Morgan fingerprint density at radius 1 is 1.24 bits per heavy atom. The molecule has 25 heavy (non-hydrogen) atoms. The van der Waals surface area contributed by atoms with Crippen LogP contribution in [0.1, 0.15) is 65.7 Å². The van der Waals surface area contributed by atoms with Gasteiger partial charge in [0.15, 0.2) is 0 Å². The van der Waals surface area contributed by atoms with E-state index >= 15 is 0 Å². The first-order valence-corrected chi connectivity index (χ1v) is 10.6. The minimum absolute atomic E-state index is 0.0446. The Bertz CT molecular complexity index is 445. The predicted molar refractivity (Wildman–Crippen MR) is 109 cm³/mol. The molecule has 1 saturated carbocycles. The Balaban J connectivity index is 0.000000970. The van der Waals surface area contributed by atoms with Gasteiger partial charge in [0, 0.05) is 25.3 Å². The largest absolute Gasteiger partial charge is 0.381 e. The minimum Gasteiger partial charge on any atom is -0.381 e. The van der Waals surface area contributed by atoms with Crippen molar-refractivity contribution in [2.24, 2.45) is 0 Å². The monoisotopic (exact) mass is 388 g/mol. The first kappa shape index (κ1) is 22.4. The van der Waals surface area contributed by atoms with Gasteiger partial charge in [0.2, 0.25) is 0 Å². The summed E-state index contributed by atoms with van der Waals surface area (Å²) in [6.07, 6.45) is 9.48. The van der Waals surface area contributed by atoms with Crippen molar-refractivity contribution in [2.45, 2.75) is 77.8 Å². The molecule has 0 aromatic heterocycles. The smallest absolute Gasteiger partial charge is 0.322 e. The van der Waals surface area contributed by atoms with Crippen LogP contribution in [0.25, 0.3) is 0 Å². The Morgan fingerprint density at radius 3 is 2.28 bits per heavy atom. The van der Waals surface area contributed by atoms with Crippen molar-refractivity contribution in [3.63, 3.8) is 0 Å². The first-order chi connectivity index (χ1) is 12.0. The molecule has 1 saturated heterocycles. The molecule has 1 N–H and O–H groups in total. The summed E-state index contributed by atoms with van der Waals surface area (Å²) < 4.78 is 6.05. The fourth-order valence-corrected chi connectivity index (χ4v) is 3.93. The molecule has 0 atom stereocenters. The van der Waals surface area contributed by atoms with Crippen molar-refractivity contribution in [1.29, 1.82) is 0 Å². The Kier molecular flexibility index (Phi) is 11.3. The molecular formula is C19H33ClN2O2S. The van der Waals surface area contributed by atoms with Crippen LogP contribution in [0.3, 0.4) is 0 Å². The zero-order valence-electron chi connectivity index (χ0n) is 15.9. The average molecular weight is 389 g/mol. The van der Waals surface area contributed by atoms with Gasteiger partial charge >= 0.3 is 6.03 Å². The van der Waals surface area contributed by atoms with E-state index in [1.54, 1.807) is 6.08 Å². The van der Waals surface area contributed by atoms with Crippen LogP contribution in [-0.2, 0) is 4.74 Å². The molecule has 2 fully saturated rings. The predicted octanol–water partition coefficient (Wildman–Crippen LogP) is 5.84. The van der Waals surface area contributed by atoms with Gasteiger partial charge in [-0.25, -0.2) is 4.79 Å². The van der Waals surface area contributed by atoms with Gasteiger partial charge < -0.3 is 15.0 Å². The fourth-order valence-electron chi connectivity index (χ4n) is 3.16. The SMILES string of the molecule is C=C(NC(=O)N(C1CCCC1)C1CCOCC1)S/C(Cl)=C\C.CCC. The zero-order chi connectivity index (χ0) is 18.7. The standard InChI is InChI=1S/C16H25ClN2O2S.C3H8/c1-3-15(17)22-12(2)18-16(20)19(13-6-4-5-7-13)14-8-10-21-11-9-14;1-3-2/h3,13-14H,2,4-11H2,1H3,(H,18,20);3H2,1-2H3/b15-3-;. The summed E-state index contributed by atoms with van der Waals surface area (Å²) in [6.45, 7) is 11.5. The van der Waals surface area contributed by atoms with Gasteiger partial charge in [-0.05, 0) is 32.6 Å². The lowest BCUT2D eigenvalue weighted by Crippen LogP contribution is -2.52. The number of hydrogen-bond acceptors (Lipinski definition) is 3. The van der Waals surface area contributed by atoms with Crippen LogP contribution >= 0.6 is 23.4 Å². The van der Waals surface area contributed by atoms with Crippen molar-refractivity contribution in [3.05, 3.63) is 22.0 Å². The Hall–Kier alpha value is -0.650. The zero-order valence-corrected chi connectivity index (χ0v) is 17.4. The maximum atomic E-state index is 12.7. The molecule has 1 aliphatic heterocycles. The number of rotatable bonds is 5. The number of carbonyl (C=O) groups excluding carboxylic acids is 1. The number of ether oxygens (including phenoxy) is 1. The molecule has 2 rings (SSSR count). The molecule has 0 aromatic rings. The van der Waals surface area contributed by atoms with Crippen molar-refractivity contribution >= 4 is 29.4 Å². The summed E-state index contributed by atoms with van der Waals surface area (Å²) in [4.78, 5) is 14.8. The quantitative estimate of drug-likeness (QED) is 0.643. The normalized spacial score (nSPS) is 19.1. The number of nitrogens with zero attached hydrogens (tertiary/aromatic N) is 1. The number of allylic oxidation sites excluding steroid dienone is 1. The molecule has 6 heteroatoms. The minimum atomic E-state index is -0.0446. The van der Waals surface area contributed by atoms with E-state index in [-0.39, 0.29) is 12.1 Å². The highest BCUT2D eigenvalue weighted by Gasteiger charge is 2.33. The molecule has 0 bridgehead atoms. The summed E-state index contributed by atoms with van der Waals surface area (Å²) in [6, 6.07) is 0.571. The van der Waals surface area contributed by atoms with Gasteiger partial charge in [-0.15, -0.1) is 0 Å². The molecule has 0 radical (unpaired) electrons. The van der Waals surface area contributed by atoms with Crippen molar-refractivity contribution in [1.82, 2.24) is 10.2 Å². The molecule has 2 aliphatic rings. The number of halogens is 1. The second-order valence-electron chi connectivity index (χ2n) is 6.44. The molecule has 2 amide bonds. The molecule has 0 aromatic carbocycles. The van der Waals surface area contributed by atoms with Gasteiger partial charge in [-0.1, -0.05) is 69.1 Å². The first-order valence-electron chi connectivity index (χ1n) is 9.39. The van der Waals surface area contributed by atoms with Crippen LogP contribution in [0.4, 0.5) is 4.79 Å². The number of thioether (sulfide) groups is 1. The number of carbonyl (C=O) groups is 1. The highest BCUT2D eigenvalue weighted by atomic mass is 35.5. The Morgan fingerprint density at radius 2 is 1.76 bits per heavy atom. The highest BCUT2D eigenvalue weighted by molar-refractivity contribution is 8.08. The molecule has 144 valence electrons. The molecule has 1 heterocycles. The number of hydrogen-bond donors (Lipinski definition) is 1. The lowest BCUT2D eigenvalue weighted by Gasteiger charge is -2.38. The van der Waals surface area contributed by atoms with Crippen LogP contribution < -0.4 is 5.32 Å². The van der Waals surface area contributed by atoms with Gasteiger partial charge in [0.1, 0.15) is 0 Å². The lowest BCUT2D eigenvalue weighted by molar-refractivity contribution is 0.0345. The van der Waals surface area contributed by atoms with E-state index in [4.69, 9.17) is 16.3 Å². The highest BCUT2D eigenvalue weighted by Crippen LogP contribution is 2.30. The third-order valence-electron chi connectivity index (χ3n) is 4.23. The van der Waals surface area contributed by atoms with E-state index in [1.165, 1.54) is 31.0 Å². The lowest BCUT2D eigenvalue weighted by atomic mass is 10.0. The van der Waals surface area contributed by atoms with E-state index < -0.39 is 0 Å². The maximum absolute atomic E-state index is 12.7. The number of amides is 2. The topological polar surface area (TPSA) is 41.6 Å². The van der Waals surface area contributed by atoms with Crippen LogP contribution in [0.15, 0.2) is 22.0 Å². The van der Waals surface area contributed by atoms with Gasteiger partial charge in [-0.2, -0.15) is 0 Å². The molecule has 0 spiro atoms.